The predicted octanol–water partition coefficient (Wildman–Crippen LogP) is 6.17. The van der Waals surface area contributed by atoms with Gasteiger partial charge in [-0.05, 0) is 11.1 Å². The second-order valence-electron chi connectivity index (χ2n) is 7.25. The normalized spacial score (nSPS) is 36.2. The van der Waals surface area contributed by atoms with Crippen molar-refractivity contribution in [3.8, 4) is 0 Å². The first-order valence-electron chi connectivity index (χ1n) is 8.57. The molecule has 0 aromatic heterocycles. The van der Waals surface area contributed by atoms with Crippen LogP contribution in [0, 0.1) is 0 Å². The smallest absolute Gasteiger partial charge is 0.218 e. The number of hydrogen-bond donors (Lipinski definition) is 0. The molecule has 0 amide bonds. The molecule has 12 heteroatoms. The van der Waals surface area contributed by atoms with Crippen LogP contribution in [0.25, 0.3) is 0 Å². The first kappa shape index (κ1) is 21.8. The predicted molar refractivity (Wildman–Crippen MR) is 83.9 cm³/mol. The van der Waals surface area contributed by atoms with Gasteiger partial charge in [-0.15, -0.1) is 0 Å². The minimum absolute atomic E-state index is 0.313. The van der Waals surface area contributed by atoms with Crippen LogP contribution >= 0.6 is 0 Å². The number of hydrogen-bond acceptors (Lipinski definition) is 1. The molecule has 4 atom stereocenters. The van der Waals surface area contributed by atoms with Crippen molar-refractivity contribution in [2.75, 3.05) is 0 Å². The van der Waals surface area contributed by atoms with Crippen LogP contribution < -0.4 is 0 Å². The van der Waals surface area contributed by atoms with Crippen LogP contribution in [0.2, 0.25) is 0 Å². The maximum Gasteiger partial charge on any atom is 0.417 e. The molecule has 2 fully saturated rings. The van der Waals surface area contributed by atoms with Gasteiger partial charge in [0.05, 0.1) is 0 Å². The molecule has 168 valence electrons. The monoisotopic (exact) mass is 461 g/mol. The van der Waals surface area contributed by atoms with Crippen molar-refractivity contribution < 1.29 is 48.3 Å². The van der Waals surface area contributed by atoms with Gasteiger partial charge in [0.15, 0.2) is 0 Å². The molecule has 4 rings (SSSR count). The summed E-state index contributed by atoms with van der Waals surface area (Å²) >= 11 is 0. The van der Waals surface area contributed by atoms with E-state index in [1.165, 1.54) is 0 Å². The Kier molecular flexibility index (Phi) is 4.02. The summed E-state index contributed by atoms with van der Waals surface area (Å²) in [4.78, 5) is -1.45. The van der Waals surface area contributed by atoms with E-state index in [0.29, 0.717) is 24.3 Å². The fraction of sp³-hybridized carbons (Fsp3) is 0.368. The molecule has 1 unspecified atom stereocenters. The quantitative estimate of drug-likeness (QED) is 0.294. The summed E-state index contributed by atoms with van der Waals surface area (Å²) < 4.78 is 160. The highest BCUT2D eigenvalue weighted by Crippen LogP contribution is 2.86. The van der Waals surface area contributed by atoms with Crippen LogP contribution in [0.15, 0.2) is 60.7 Å². The first-order valence-corrected chi connectivity index (χ1v) is 8.57. The zero-order valence-electron chi connectivity index (χ0n) is 14.9. The van der Waals surface area contributed by atoms with Crippen molar-refractivity contribution in [1.82, 2.24) is 4.90 Å². The molecular weight excluding hydrogens is 451 g/mol. The number of nitrogens with zero attached hydrogens (tertiary/aromatic N) is 1. The van der Waals surface area contributed by atoms with Gasteiger partial charge in [-0.3, -0.25) is 0 Å². The largest absolute Gasteiger partial charge is 0.417 e. The lowest BCUT2D eigenvalue weighted by Crippen LogP contribution is -2.67. The Hall–Kier alpha value is -2.37. The number of fused-ring (bicyclic) bond motifs is 1. The van der Waals surface area contributed by atoms with Gasteiger partial charge in [-0.1, -0.05) is 60.7 Å². The Bertz CT molecular complexity index is 1000. The Labute approximate surface area is 167 Å². The van der Waals surface area contributed by atoms with E-state index in [1.54, 1.807) is 0 Å². The maximum absolute atomic E-state index is 15.6. The van der Waals surface area contributed by atoms with Crippen LogP contribution in [0.5, 0.6) is 0 Å². The summed E-state index contributed by atoms with van der Waals surface area (Å²) in [5.41, 5.74) is -13.0. The summed E-state index contributed by atoms with van der Waals surface area (Å²) in [6, 6.07) is 6.88. The average molecular weight is 461 g/mol. The van der Waals surface area contributed by atoms with Crippen LogP contribution in [0.1, 0.15) is 11.1 Å². The van der Waals surface area contributed by atoms with Crippen molar-refractivity contribution in [1.29, 1.82) is 0 Å². The number of piperidine rings is 1. The number of rotatable bonds is 2. The fourth-order valence-electron chi connectivity index (χ4n) is 4.70. The zero-order valence-corrected chi connectivity index (χ0v) is 14.9. The molecule has 2 aliphatic rings. The van der Waals surface area contributed by atoms with Crippen molar-refractivity contribution >= 4 is 0 Å². The van der Waals surface area contributed by atoms with Gasteiger partial charge in [-0.2, -0.15) is 43.9 Å². The van der Waals surface area contributed by atoms with Crippen molar-refractivity contribution in [3.05, 3.63) is 71.8 Å². The molecule has 0 spiro atoms. The minimum atomic E-state index is -6.43. The van der Waals surface area contributed by atoms with Crippen molar-refractivity contribution in [2.24, 2.45) is 0 Å². The van der Waals surface area contributed by atoms with E-state index in [-0.39, 0.29) is 0 Å². The Morgan fingerprint density at radius 1 is 0.516 bits per heavy atom. The molecule has 0 saturated carbocycles. The molecule has 2 heterocycles. The highest BCUT2D eigenvalue weighted by Gasteiger charge is 3.12. The first-order chi connectivity index (χ1) is 14.1. The lowest BCUT2D eigenvalue weighted by Gasteiger charge is -2.44. The van der Waals surface area contributed by atoms with Gasteiger partial charge in [0.2, 0.25) is 11.1 Å². The molecule has 0 N–H and O–H groups in total. The summed E-state index contributed by atoms with van der Waals surface area (Å²) in [5, 5.41) is 0. The molecule has 2 aromatic carbocycles. The van der Waals surface area contributed by atoms with Crippen LogP contribution in [0.3, 0.4) is 0 Å². The zero-order chi connectivity index (χ0) is 23.3. The SMILES string of the molecule is FC(F)(F)[C@@]1(c2ccccc2)N2[C@@](F)(C(F)(F)C1(F)F)[C@]2(c1ccccc1)C(F)(F)F. The molecule has 31 heavy (non-hydrogen) atoms. The van der Waals surface area contributed by atoms with E-state index in [4.69, 9.17) is 0 Å². The second-order valence-corrected chi connectivity index (χ2v) is 7.25. The molecule has 0 aliphatic carbocycles. The summed E-state index contributed by atoms with van der Waals surface area (Å²) in [6.07, 6.45) is -12.6. The average Bonchev–Trinajstić information content (AvgIpc) is 3.22. The van der Waals surface area contributed by atoms with Gasteiger partial charge in [0, 0.05) is 0 Å². The minimum Gasteiger partial charge on any atom is -0.218 e. The van der Waals surface area contributed by atoms with E-state index in [2.05, 4.69) is 0 Å². The number of halogens is 11. The third kappa shape index (κ3) is 1.98. The van der Waals surface area contributed by atoms with Gasteiger partial charge in [0.25, 0.3) is 5.79 Å². The fourth-order valence-corrected chi connectivity index (χ4v) is 4.70. The lowest BCUT2D eigenvalue weighted by atomic mass is 9.76. The van der Waals surface area contributed by atoms with Crippen LogP contribution in [-0.4, -0.2) is 34.9 Å². The lowest BCUT2D eigenvalue weighted by molar-refractivity contribution is -0.342. The number of alkyl halides is 11. The molecular formula is C19H10F11N. The third-order valence-corrected chi connectivity index (χ3v) is 5.88. The van der Waals surface area contributed by atoms with E-state index < -0.39 is 57.1 Å². The number of benzene rings is 2. The molecule has 2 aromatic rings. The van der Waals surface area contributed by atoms with Crippen LogP contribution in [-0.2, 0) is 11.1 Å². The van der Waals surface area contributed by atoms with Crippen molar-refractivity contribution in [2.45, 2.75) is 41.1 Å². The second kappa shape index (κ2) is 5.70. The van der Waals surface area contributed by atoms with E-state index in [9.17, 15) is 43.9 Å². The Morgan fingerprint density at radius 3 is 1.23 bits per heavy atom. The van der Waals surface area contributed by atoms with E-state index in [1.807, 2.05) is 0 Å². The molecule has 0 bridgehead atoms. The summed E-state index contributed by atoms with van der Waals surface area (Å²) in [5.74, 6) is -18.1. The standard InChI is InChI=1S/C19H10F11N/c20-15(21)13(18(25,26)27,11-7-3-1-4-8-11)31-14(19(28,29)30,12-9-5-2-6-10-12)17(31,24)16(15,22)23/h1-10H/t13-,14+,17+,31?/m0/s1. The molecule has 0 radical (unpaired) electrons. The highest BCUT2D eigenvalue weighted by atomic mass is 19.4. The van der Waals surface area contributed by atoms with Crippen LogP contribution in [0.4, 0.5) is 48.3 Å². The third-order valence-electron chi connectivity index (χ3n) is 5.88. The van der Waals surface area contributed by atoms with Gasteiger partial charge >= 0.3 is 24.2 Å². The Morgan fingerprint density at radius 2 is 0.871 bits per heavy atom. The molecule has 1 nitrogen and oxygen atoms in total. The Balaban J connectivity index is 2.19. The highest BCUT2D eigenvalue weighted by molar-refractivity contribution is 5.54. The van der Waals surface area contributed by atoms with Gasteiger partial charge in [0.1, 0.15) is 0 Å². The van der Waals surface area contributed by atoms with Gasteiger partial charge in [-0.25, -0.2) is 9.29 Å². The molecule has 2 aliphatic heterocycles. The summed E-state index contributed by atoms with van der Waals surface area (Å²) in [7, 11) is 0. The topological polar surface area (TPSA) is 3.01 Å². The maximum atomic E-state index is 15.6. The molecule has 2 saturated heterocycles. The summed E-state index contributed by atoms with van der Waals surface area (Å²) in [6.45, 7) is 0. The van der Waals surface area contributed by atoms with E-state index >= 15 is 4.39 Å². The van der Waals surface area contributed by atoms with Crippen molar-refractivity contribution in [3.63, 3.8) is 0 Å². The van der Waals surface area contributed by atoms with E-state index in [0.717, 1.165) is 36.4 Å². The van der Waals surface area contributed by atoms with Gasteiger partial charge < -0.3 is 0 Å².